The monoisotopic (exact) mass is 454 g/mol. The van der Waals surface area contributed by atoms with Gasteiger partial charge in [0.25, 0.3) is 0 Å². The molecule has 1 fully saturated rings. The van der Waals surface area contributed by atoms with Crippen LogP contribution in [0.1, 0.15) is 54.8 Å². The molecule has 2 aromatic carbocycles. The number of hydrogen-bond acceptors (Lipinski definition) is 6. The predicted octanol–water partition coefficient (Wildman–Crippen LogP) is 6.18. The lowest BCUT2D eigenvalue weighted by atomic mass is 9.80. The largest absolute Gasteiger partial charge is 0.460 e. The van der Waals surface area contributed by atoms with Crippen molar-refractivity contribution in [3.63, 3.8) is 0 Å². The third kappa shape index (κ3) is 4.45. The molecule has 0 unspecified atom stereocenters. The highest BCUT2D eigenvalue weighted by molar-refractivity contribution is 5.84. The summed E-state index contributed by atoms with van der Waals surface area (Å²) in [6.45, 7) is 2.05. The van der Waals surface area contributed by atoms with E-state index in [1.807, 2.05) is 48.5 Å². The molecule has 1 aliphatic carbocycles. The third-order valence-electron chi connectivity index (χ3n) is 6.79. The Kier molecular flexibility index (Phi) is 6.39. The highest BCUT2D eigenvalue weighted by atomic mass is 16.5. The van der Waals surface area contributed by atoms with E-state index in [1.54, 1.807) is 11.2 Å². The van der Waals surface area contributed by atoms with Crippen LogP contribution in [0.3, 0.4) is 0 Å². The van der Waals surface area contributed by atoms with Gasteiger partial charge in [-0.15, -0.1) is 5.11 Å². The van der Waals surface area contributed by atoms with Crippen LogP contribution in [0.4, 0.5) is 5.82 Å². The first-order chi connectivity index (χ1) is 16.7. The van der Waals surface area contributed by atoms with Crippen LogP contribution in [0.15, 0.2) is 89.3 Å². The Morgan fingerprint density at radius 2 is 1.71 bits per heavy atom. The Morgan fingerprint density at radius 3 is 2.41 bits per heavy atom. The molecule has 34 heavy (non-hydrogen) atoms. The molecule has 0 saturated heterocycles. The smallest absolute Gasteiger partial charge is 0.339 e. The second-order valence-electron chi connectivity index (χ2n) is 9.29. The number of benzene rings is 2. The Balaban J connectivity index is 1.60. The number of rotatable bonds is 6. The zero-order valence-corrected chi connectivity index (χ0v) is 19.5. The molecule has 2 heterocycles. The minimum Gasteiger partial charge on any atom is -0.460 e. The van der Waals surface area contributed by atoms with Crippen LogP contribution in [0.2, 0.25) is 0 Å². The van der Waals surface area contributed by atoms with Gasteiger partial charge in [-0.05, 0) is 55.9 Å². The summed E-state index contributed by atoms with van der Waals surface area (Å²) >= 11 is 0. The van der Waals surface area contributed by atoms with E-state index < -0.39 is 11.6 Å². The van der Waals surface area contributed by atoms with Gasteiger partial charge in [0.1, 0.15) is 12.1 Å². The topological polar surface area (TPSA) is 67.2 Å². The second kappa shape index (κ2) is 9.75. The summed E-state index contributed by atoms with van der Waals surface area (Å²) in [7, 11) is 0. The second-order valence-corrected chi connectivity index (χ2v) is 9.29. The molecule has 174 valence electrons. The number of pyridine rings is 1. The van der Waals surface area contributed by atoms with Crippen LogP contribution in [0.5, 0.6) is 0 Å². The Labute approximate surface area is 200 Å². The van der Waals surface area contributed by atoms with Crippen LogP contribution < -0.4 is 5.01 Å². The van der Waals surface area contributed by atoms with E-state index in [1.165, 1.54) is 6.42 Å². The number of aromatic nitrogens is 1. The minimum atomic E-state index is -1.22. The Morgan fingerprint density at radius 1 is 0.971 bits per heavy atom. The van der Waals surface area contributed by atoms with Gasteiger partial charge in [-0.1, -0.05) is 77.9 Å². The average Bonchev–Trinajstić information content (AvgIpc) is 3.26. The van der Waals surface area contributed by atoms with E-state index in [4.69, 9.17) is 9.85 Å². The molecule has 0 bridgehead atoms. The molecule has 5 rings (SSSR count). The fourth-order valence-corrected chi connectivity index (χ4v) is 4.97. The summed E-state index contributed by atoms with van der Waals surface area (Å²) in [4.78, 5) is 18.6. The van der Waals surface area contributed by atoms with E-state index >= 15 is 0 Å². The predicted molar refractivity (Wildman–Crippen MR) is 131 cm³/mol. The summed E-state index contributed by atoms with van der Waals surface area (Å²) < 4.78 is 6.17. The molecule has 1 saturated carbocycles. The molecule has 0 spiro atoms. The maximum absolute atomic E-state index is 14.0. The molecule has 3 aromatic rings. The van der Waals surface area contributed by atoms with Crippen molar-refractivity contribution in [2.45, 2.75) is 63.1 Å². The van der Waals surface area contributed by atoms with Gasteiger partial charge < -0.3 is 4.74 Å². The number of anilines is 1. The average molecular weight is 455 g/mol. The van der Waals surface area contributed by atoms with E-state index in [9.17, 15) is 4.79 Å². The van der Waals surface area contributed by atoms with Crippen molar-refractivity contribution in [2.75, 3.05) is 5.01 Å². The van der Waals surface area contributed by atoms with Crippen molar-refractivity contribution in [1.82, 2.24) is 4.98 Å². The van der Waals surface area contributed by atoms with Crippen LogP contribution in [0.25, 0.3) is 0 Å². The maximum atomic E-state index is 14.0. The summed E-state index contributed by atoms with van der Waals surface area (Å²) in [6.07, 6.45) is 7.25. The molecule has 2 aliphatic rings. The minimum absolute atomic E-state index is 0.0633. The van der Waals surface area contributed by atoms with Gasteiger partial charge in [-0.3, -0.25) is 0 Å². The number of ether oxygens (including phenoxy) is 1. The van der Waals surface area contributed by atoms with Crippen LogP contribution in [-0.4, -0.2) is 22.6 Å². The summed E-state index contributed by atoms with van der Waals surface area (Å²) in [6, 6.07) is 23.4. The first-order valence-corrected chi connectivity index (χ1v) is 12.1. The first kappa shape index (κ1) is 22.3. The number of aryl methyl sites for hydroxylation is 1. The number of nitrogens with zero attached hydrogens (tertiary/aromatic N) is 4. The molecular weight excluding hydrogens is 424 g/mol. The Bertz CT molecular complexity index is 1130. The molecule has 0 amide bonds. The van der Waals surface area contributed by atoms with Crippen molar-refractivity contribution in [3.05, 3.63) is 95.7 Å². The molecular formula is C28H30N4O2. The SMILES string of the molecule is Cc1ccc([C@@H]2N(c3ccccn3)N=N[C@]2(Cc2ccccc2)C(=O)OC2CCCCC2)cc1. The lowest BCUT2D eigenvalue weighted by Crippen LogP contribution is -2.49. The molecule has 6 nitrogen and oxygen atoms in total. The van der Waals surface area contributed by atoms with Crippen LogP contribution in [0, 0.1) is 6.92 Å². The van der Waals surface area contributed by atoms with Gasteiger partial charge in [0.05, 0.1) is 0 Å². The van der Waals surface area contributed by atoms with Crippen molar-refractivity contribution in [2.24, 2.45) is 10.3 Å². The first-order valence-electron chi connectivity index (χ1n) is 12.1. The van der Waals surface area contributed by atoms with E-state index in [0.717, 1.165) is 42.4 Å². The van der Waals surface area contributed by atoms with Gasteiger partial charge in [-0.2, -0.15) is 0 Å². The standard InChI is InChI=1S/C28H30N4O2/c1-21-15-17-23(18-16-21)26-28(20-22-10-4-2-5-11-22,27(33)34-24-12-6-3-7-13-24)30-31-32(26)25-14-8-9-19-29-25/h2,4-5,8-11,14-19,24,26H,3,6-7,12-13,20H2,1H3/t26-,28-/m0/s1. The highest BCUT2D eigenvalue weighted by Crippen LogP contribution is 2.46. The summed E-state index contributed by atoms with van der Waals surface area (Å²) in [5.74, 6) is 0.341. The third-order valence-corrected chi connectivity index (χ3v) is 6.79. The van der Waals surface area contributed by atoms with Gasteiger partial charge in [0.15, 0.2) is 5.82 Å². The summed E-state index contributed by atoms with van der Waals surface area (Å²) in [5.41, 5.74) is 1.91. The van der Waals surface area contributed by atoms with Gasteiger partial charge in [-0.25, -0.2) is 14.8 Å². The number of hydrogen-bond donors (Lipinski definition) is 0. The van der Waals surface area contributed by atoms with Crippen molar-refractivity contribution in [1.29, 1.82) is 0 Å². The molecule has 1 aromatic heterocycles. The zero-order chi connectivity index (χ0) is 23.4. The van der Waals surface area contributed by atoms with Gasteiger partial charge in [0.2, 0.25) is 5.54 Å². The number of carbonyl (C=O) groups excluding carboxylic acids is 1. The zero-order valence-electron chi connectivity index (χ0n) is 19.5. The van der Waals surface area contributed by atoms with Crippen molar-refractivity contribution < 1.29 is 9.53 Å². The molecule has 0 N–H and O–H groups in total. The summed E-state index contributed by atoms with van der Waals surface area (Å²) in [5, 5.41) is 11.0. The molecule has 0 radical (unpaired) electrons. The van der Waals surface area contributed by atoms with E-state index in [2.05, 4.69) is 41.4 Å². The Hall–Kier alpha value is -3.54. The van der Waals surface area contributed by atoms with Gasteiger partial charge >= 0.3 is 5.97 Å². The van der Waals surface area contributed by atoms with E-state index in [-0.39, 0.29) is 12.1 Å². The van der Waals surface area contributed by atoms with Crippen molar-refractivity contribution in [3.8, 4) is 0 Å². The van der Waals surface area contributed by atoms with Gasteiger partial charge in [0, 0.05) is 12.6 Å². The highest BCUT2D eigenvalue weighted by Gasteiger charge is 2.56. The number of carbonyl (C=O) groups is 1. The normalized spacial score (nSPS) is 22.6. The fraction of sp³-hybridized carbons (Fsp3) is 0.357. The maximum Gasteiger partial charge on any atom is 0.339 e. The molecule has 1 aliphatic heterocycles. The van der Waals surface area contributed by atoms with Crippen molar-refractivity contribution >= 4 is 11.8 Å². The molecule has 2 atom stereocenters. The van der Waals surface area contributed by atoms with Crippen LogP contribution in [-0.2, 0) is 16.0 Å². The quantitative estimate of drug-likeness (QED) is 0.417. The lowest BCUT2D eigenvalue weighted by molar-refractivity contribution is -0.157. The van der Waals surface area contributed by atoms with Crippen LogP contribution >= 0.6 is 0 Å². The lowest BCUT2D eigenvalue weighted by Gasteiger charge is -2.35. The number of esters is 1. The van der Waals surface area contributed by atoms with E-state index in [0.29, 0.717) is 12.2 Å². The molecule has 6 heteroatoms. The fourth-order valence-electron chi connectivity index (χ4n) is 4.97.